The number of nitrogens with zero attached hydrogens (tertiary/aromatic N) is 5. The van der Waals surface area contributed by atoms with Gasteiger partial charge in [0, 0.05) is 55.8 Å². The zero-order chi connectivity index (χ0) is 19.7. The maximum atomic E-state index is 12.9. The van der Waals surface area contributed by atoms with Gasteiger partial charge < -0.3 is 9.80 Å². The summed E-state index contributed by atoms with van der Waals surface area (Å²) in [6.07, 6.45) is 5.04. The van der Waals surface area contributed by atoms with Gasteiger partial charge in [-0.1, -0.05) is 6.07 Å². The van der Waals surface area contributed by atoms with Gasteiger partial charge in [-0.2, -0.15) is 5.10 Å². The molecule has 3 aromatic rings. The second-order valence-corrected chi connectivity index (χ2v) is 7.75. The smallest absolute Gasteiger partial charge is 0.255 e. The SMILES string of the molecule is Cc1nn(C)c2ncc(C(=O)N3CCN(C(=O)C=Cc4cccs4)CC3)cc12. The van der Waals surface area contributed by atoms with Crippen LogP contribution in [-0.4, -0.2) is 62.6 Å². The largest absolute Gasteiger partial charge is 0.336 e. The molecule has 4 rings (SSSR count). The van der Waals surface area contributed by atoms with Crippen molar-refractivity contribution in [3.63, 3.8) is 0 Å². The van der Waals surface area contributed by atoms with Gasteiger partial charge in [-0.25, -0.2) is 4.98 Å². The lowest BCUT2D eigenvalue weighted by Crippen LogP contribution is -2.50. The molecule has 7 nitrogen and oxygen atoms in total. The molecule has 0 radical (unpaired) electrons. The number of fused-ring (bicyclic) bond motifs is 1. The van der Waals surface area contributed by atoms with Crippen molar-refractivity contribution in [3.8, 4) is 0 Å². The van der Waals surface area contributed by atoms with Gasteiger partial charge in [0.1, 0.15) is 0 Å². The minimum atomic E-state index is -0.0566. The van der Waals surface area contributed by atoms with E-state index < -0.39 is 0 Å². The molecule has 0 aliphatic carbocycles. The molecule has 4 heterocycles. The molecular formula is C20H21N5O2S. The summed E-state index contributed by atoms with van der Waals surface area (Å²) in [7, 11) is 1.84. The Kier molecular flexibility index (Phi) is 4.95. The van der Waals surface area contributed by atoms with Gasteiger partial charge in [0.05, 0.1) is 11.3 Å². The van der Waals surface area contributed by atoms with Crippen LogP contribution in [0, 0.1) is 6.92 Å². The standard InChI is InChI=1S/C20H21N5O2S/c1-14-17-12-15(13-21-19(17)23(2)22-14)20(27)25-9-7-24(8-10-25)18(26)6-5-16-4-3-11-28-16/h3-6,11-13H,7-10H2,1-2H3. The van der Waals surface area contributed by atoms with Crippen LogP contribution in [0.15, 0.2) is 35.9 Å². The Hall–Kier alpha value is -3.00. The predicted molar refractivity (Wildman–Crippen MR) is 109 cm³/mol. The van der Waals surface area contributed by atoms with Crippen molar-refractivity contribution in [1.82, 2.24) is 24.6 Å². The van der Waals surface area contributed by atoms with E-state index >= 15 is 0 Å². The molecule has 28 heavy (non-hydrogen) atoms. The number of hydrogen-bond acceptors (Lipinski definition) is 5. The molecule has 0 bridgehead atoms. The Morgan fingerprint density at radius 1 is 1.18 bits per heavy atom. The Balaban J connectivity index is 1.40. The van der Waals surface area contributed by atoms with Gasteiger partial charge in [-0.05, 0) is 30.5 Å². The molecule has 3 aromatic heterocycles. The lowest BCUT2D eigenvalue weighted by molar-refractivity contribution is -0.127. The first-order valence-electron chi connectivity index (χ1n) is 9.12. The Morgan fingerprint density at radius 3 is 2.64 bits per heavy atom. The maximum Gasteiger partial charge on any atom is 0.255 e. The van der Waals surface area contributed by atoms with Gasteiger partial charge in [-0.15, -0.1) is 11.3 Å². The highest BCUT2D eigenvalue weighted by atomic mass is 32.1. The highest BCUT2D eigenvalue weighted by molar-refractivity contribution is 7.10. The van der Waals surface area contributed by atoms with Crippen LogP contribution in [0.3, 0.4) is 0 Å². The molecule has 2 amide bonds. The molecule has 0 saturated carbocycles. The number of amides is 2. The van der Waals surface area contributed by atoms with Crippen molar-refractivity contribution in [2.45, 2.75) is 6.92 Å². The van der Waals surface area contributed by atoms with Crippen LogP contribution in [0.4, 0.5) is 0 Å². The molecule has 144 valence electrons. The average Bonchev–Trinajstić information content (AvgIpc) is 3.33. The molecule has 1 fully saturated rings. The van der Waals surface area contributed by atoms with E-state index in [4.69, 9.17) is 0 Å². The summed E-state index contributed by atoms with van der Waals surface area (Å²) in [6.45, 7) is 4.00. The van der Waals surface area contributed by atoms with Crippen molar-refractivity contribution >= 4 is 40.3 Å². The summed E-state index contributed by atoms with van der Waals surface area (Å²) in [5.74, 6) is -0.0755. The molecule has 0 unspecified atom stereocenters. The number of piperazine rings is 1. The fourth-order valence-electron chi connectivity index (χ4n) is 3.38. The Bertz CT molecular complexity index is 1050. The minimum absolute atomic E-state index is 0.0189. The molecule has 0 spiro atoms. The molecule has 1 aliphatic heterocycles. The highest BCUT2D eigenvalue weighted by Gasteiger charge is 2.24. The fourth-order valence-corrected chi connectivity index (χ4v) is 4.00. The van der Waals surface area contributed by atoms with Crippen LogP contribution in [0.1, 0.15) is 20.9 Å². The summed E-state index contributed by atoms with van der Waals surface area (Å²) < 4.78 is 1.72. The molecule has 0 aromatic carbocycles. The first kappa shape index (κ1) is 18.4. The van der Waals surface area contributed by atoms with Crippen LogP contribution in [-0.2, 0) is 11.8 Å². The second kappa shape index (κ2) is 7.55. The number of aromatic nitrogens is 3. The third-order valence-electron chi connectivity index (χ3n) is 4.92. The van der Waals surface area contributed by atoms with Crippen molar-refractivity contribution in [2.24, 2.45) is 7.05 Å². The number of hydrogen-bond donors (Lipinski definition) is 0. The summed E-state index contributed by atoms with van der Waals surface area (Å²) in [6, 6.07) is 5.78. The van der Waals surface area contributed by atoms with Gasteiger partial charge in [0.25, 0.3) is 5.91 Å². The van der Waals surface area contributed by atoms with Crippen LogP contribution < -0.4 is 0 Å². The summed E-state index contributed by atoms with van der Waals surface area (Å²) in [5, 5.41) is 7.22. The highest BCUT2D eigenvalue weighted by Crippen LogP contribution is 2.18. The van der Waals surface area contributed by atoms with E-state index in [1.165, 1.54) is 0 Å². The first-order valence-corrected chi connectivity index (χ1v) is 10.00. The van der Waals surface area contributed by atoms with Crippen molar-refractivity contribution in [1.29, 1.82) is 0 Å². The van der Waals surface area contributed by atoms with E-state index in [-0.39, 0.29) is 11.8 Å². The minimum Gasteiger partial charge on any atom is -0.336 e. The van der Waals surface area contributed by atoms with E-state index in [1.54, 1.807) is 38.1 Å². The third kappa shape index (κ3) is 3.55. The molecular weight excluding hydrogens is 374 g/mol. The Labute approximate surface area is 166 Å². The summed E-state index contributed by atoms with van der Waals surface area (Å²) >= 11 is 1.59. The van der Waals surface area contributed by atoms with Crippen molar-refractivity contribution in [2.75, 3.05) is 26.2 Å². The average molecular weight is 395 g/mol. The van der Waals surface area contributed by atoms with Gasteiger partial charge >= 0.3 is 0 Å². The van der Waals surface area contributed by atoms with Crippen LogP contribution in [0.25, 0.3) is 17.1 Å². The molecule has 0 N–H and O–H groups in total. The summed E-state index contributed by atoms with van der Waals surface area (Å²) in [5.41, 5.74) is 2.18. The van der Waals surface area contributed by atoms with Crippen molar-refractivity contribution in [3.05, 3.63) is 52.0 Å². The van der Waals surface area contributed by atoms with Gasteiger partial charge in [0.2, 0.25) is 5.91 Å². The van der Waals surface area contributed by atoms with Crippen LogP contribution in [0.5, 0.6) is 0 Å². The number of thiophene rings is 1. The molecule has 1 aliphatic rings. The summed E-state index contributed by atoms with van der Waals surface area (Å²) in [4.78, 5) is 34.2. The first-order chi connectivity index (χ1) is 13.5. The topological polar surface area (TPSA) is 71.3 Å². The second-order valence-electron chi connectivity index (χ2n) is 6.77. The lowest BCUT2D eigenvalue weighted by Gasteiger charge is -2.34. The number of rotatable bonds is 3. The lowest BCUT2D eigenvalue weighted by atomic mass is 10.1. The third-order valence-corrected chi connectivity index (χ3v) is 5.76. The number of carbonyl (C=O) groups excluding carboxylic acids is 2. The van der Waals surface area contributed by atoms with E-state index in [0.717, 1.165) is 21.6 Å². The zero-order valence-corrected chi connectivity index (χ0v) is 16.6. The molecule has 8 heteroatoms. The zero-order valence-electron chi connectivity index (χ0n) is 15.8. The predicted octanol–water partition coefficient (Wildman–Crippen LogP) is 2.34. The van der Waals surface area contributed by atoms with E-state index in [0.29, 0.717) is 31.7 Å². The van der Waals surface area contributed by atoms with E-state index in [2.05, 4.69) is 10.1 Å². The monoisotopic (exact) mass is 395 g/mol. The number of aryl methyl sites for hydroxylation is 2. The fraction of sp³-hybridized carbons (Fsp3) is 0.300. The maximum absolute atomic E-state index is 12.9. The quantitative estimate of drug-likeness (QED) is 0.638. The molecule has 1 saturated heterocycles. The number of pyridine rings is 1. The van der Waals surface area contributed by atoms with Gasteiger partial charge in [0.15, 0.2) is 5.65 Å². The van der Waals surface area contributed by atoms with Crippen LogP contribution >= 0.6 is 11.3 Å². The van der Waals surface area contributed by atoms with Crippen molar-refractivity contribution < 1.29 is 9.59 Å². The van der Waals surface area contributed by atoms with Gasteiger partial charge in [-0.3, -0.25) is 14.3 Å². The molecule has 0 atom stereocenters. The number of carbonyl (C=O) groups is 2. The Morgan fingerprint density at radius 2 is 1.93 bits per heavy atom. The normalized spacial score (nSPS) is 14.9. The van der Waals surface area contributed by atoms with E-state index in [1.807, 2.05) is 43.6 Å². The van der Waals surface area contributed by atoms with Crippen LogP contribution in [0.2, 0.25) is 0 Å². The van der Waals surface area contributed by atoms with E-state index in [9.17, 15) is 9.59 Å².